The molecule has 0 unspecified atom stereocenters. The molecule has 0 aromatic carbocycles. The maximum atomic E-state index is 10.5. The molecule has 5 nitrogen and oxygen atoms in total. The van der Waals surface area contributed by atoms with Crippen LogP contribution >= 0.6 is 11.8 Å². The number of aryl methyl sites for hydroxylation is 1. The third-order valence-corrected chi connectivity index (χ3v) is 5.49. The quantitative estimate of drug-likeness (QED) is 0.537. The summed E-state index contributed by atoms with van der Waals surface area (Å²) in [5.74, 6) is 3.83. The van der Waals surface area contributed by atoms with E-state index in [1.165, 1.54) is 43.9 Å². The highest BCUT2D eigenvalue weighted by Crippen LogP contribution is 2.33. The van der Waals surface area contributed by atoms with Gasteiger partial charge in [0.15, 0.2) is 5.89 Å². The predicted molar refractivity (Wildman–Crippen MR) is 114 cm³/mol. The lowest BCUT2D eigenvalue weighted by atomic mass is 9.89. The first-order chi connectivity index (χ1) is 13.6. The van der Waals surface area contributed by atoms with Crippen LogP contribution in [0.1, 0.15) is 80.7 Å². The zero-order chi connectivity index (χ0) is 20.4. The van der Waals surface area contributed by atoms with Crippen molar-refractivity contribution in [2.45, 2.75) is 65.2 Å². The third-order valence-electron chi connectivity index (χ3n) is 4.61. The molecule has 1 saturated carbocycles. The molecule has 1 N–H and O–H groups in total. The van der Waals surface area contributed by atoms with Crippen molar-refractivity contribution in [3.8, 4) is 0 Å². The van der Waals surface area contributed by atoms with E-state index in [1.807, 2.05) is 45.1 Å². The summed E-state index contributed by atoms with van der Waals surface area (Å²) in [6, 6.07) is 3.88. The Morgan fingerprint density at radius 3 is 2.71 bits per heavy atom. The van der Waals surface area contributed by atoms with E-state index in [-0.39, 0.29) is 5.75 Å². The van der Waals surface area contributed by atoms with Gasteiger partial charge in [-0.3, -0.25) is 4.79 Å². The number of hydrogen-bond donors (Lipinski definition) is 1. The number of nitrogens with zero attached hydrogens (tertiary/aromatic N) is 1. The van der Waals surface area contributed by atoms with Gasteiger partial charge in [-0.1, -0.05) is 39.2 Å². The number of rotatable bonds is 8. The molecule has 0 atom stereocenters. The number of carboxylic acids is 1. The van der Waals surface area contributed by atoms with Gasteiger partial charge in [-0.15, -0.1) is 11.8 Å². The Labute approximate surface area is 171 Å². The highest BCUT2D eigenvalue weighted by molar-refractivity contribution is 8.00. The minimum absolute atomic E-state index is 0.114. The van der Waals surface area contributed by atoms with Crippen molar-refractivity contribution in [1.29, 1.82) is 0 Å². The Balaban J connectivity index is 0.00000136. The lowest BCUT2D eigenvalue weighted by Crippen LogP contribution is -2.04. The maximum absolute atomic E-state index is 10.5. The number of carboxylic acid groups (broad SMARTS) is 1. The summed E-state index contributed by atoms with van der Waals surface area (Å²) < 4.78 is 11.8. The normalized spacial score (nSPS) is 14.8. The van der Waals surface area contributed by atoms with Crippen LogP contribution in [0.2, 0.25) is 0 Å². The zero-order valence-corrected chi connectivity index (χ0v) is 17.9. The minimum Gasteiger partial charge on any atom is -0.481 e. The molecule has 2 heterocycles. The van der Waals surface area contributed by atoms with E-state index in [1.54, 1.807) is 0 Å². The standard InChI is InChI=1S/C20H25NO4S.C2H6/c1-14-18(21-20(24-14)15-6-3-2-4-7-15)12-17-10-9-16(25-17)8-5-11-26-13-19(22)23;1-2/h5,8-10,15H,2-4,6-7,11-13H2,1H3,(H,22,23);1-2H3/b8-5+;. The third kappa shape index (κ3) is 6.89. The van der Waals surface area contributed by atoms with Gasteiger partial charge in [0.2, 0.25) is 0 Å². The Bertz CT molecular complexity index is 756. The summed E-state index contributed by atoms with van der Waals surface area (Å²) >= 11 is 1.36. The maximum Gasteiger partial charge on any atom is 0.313 e. The first-order valence-corrected chi connectivity index (χ1v) is 11.3. The monoisotopic (exact) mass is 405 g/mol. The van der Waals surface area contributed by atoms with Crippen molar-refractivity contribution < 1.29 is 18.7 Å². The Morgan fingerprint density at radius 2 is 2.00 bits per heavy atom. The molecule has 3 rings (SSSR count). The molecule has 6 heteroatoms. The number of furan rings is 1. The van der Waals surface area contributed by atoms with Crippen molar-refractivity contribution in [1.82, 2.24) is 4.98 Å². The summed E-state index contributed by atoms with van der Waals surface area (Å²) in [5.41, 5.74) is 0.951. The molecule has 2 aromatic heterocycles. The van der Waals surface area contributed by atoms with Crippen LogP contribution in [0.4, 0.5) is 0 Å². The Morgan fingerprint density at radius 1 is 1.25 bits per heavy atom. The highest BCUT2D eigenvalue weighted by Gasteiger charge is 2.22. The van der Waals surface area contributed by atoms with Crippen molar-refractivity contribution in [3.05, 3.63) is 47.1 Å². The van der Waals surface area contributed by atoms with Crippen LogP contribution in [0.5, 0.6) is 0 Å². The van der Waals surface area contributed by atoms with Crippen molar-refractivity contribution >= 4 is 23.8 Å². The second-order valence-corrected chi connectivity index (χ2v) is 7.71. The van der Waals surface area contributed by atoms with Gasteiger partial charge in [-0.25, -0.2) is 4.98 Å². The first kappa shape index (κ1) is 22.3. The van der Waals surface area contributed by atoms with Crippen LogP contribution in [-0.2, 0) is 11.2 Å². The van der Waals surface area contributed by atoms with E-state index in [0.717, 1.165) is 28.9 Å². The molecule has 154 valence electrons. The van der Waals surface area contributed by atoms with Crippen LogP contribution < -0.4 is 0 Å². The molecule has 0 amide bonds. The molecular formula is C22H31NO4S. The second-order valence-electron chi connectivity index (χ2n) is 6.68. The summed E-state index contributed by atoms with van der Waals surface area (Å²) in [4.78, 5) is 15.2. The van der Waals surface area contributed by atoms with Crippen LogP contribution in [-0.4, -0.2) is 27.6 Å². The van der Waals surface area contributed by atoms with Gasteiger partial charge in [0.05, 0.1) is 17.9 Å². The lowest BCUT2D eigenvalue weighted by molar-refractivity contribution is -0.133. The molecule has 28 heavy (non-hydrogen) atoms. The average Bonchev–Trinajstić information content (AvgIpc) is 3.30. The molecule has 0 spiro atoms. The first-order valence-electron chi connectivity index (χ1n) is 10.1. The summed E-state index contributed by atoms with van der Waals surface area (Å²) in [5, 5.41) is 8.60. The number of carbonyl (C=O) groups is 1. The van der Waals surface area contributed by atoms with E-state index >= 15 is 0 Å². The molecule has 1 aliphatic carbocycles. The van der Waals surface area contributed by atoms with Gasteiger partial charge in [-0.05, 0) is 38.0 Å². The topological polar surface area (TPSA) is 76.5 Å². The number of aliphatic carboxylic acids is 1. The summed E-state index contributed by atoms with van der Waals surface area (Å²) in [6.45, 7) is 5.97. The van der Waals surface area contributed by atoms with Gasteiger partial charge < -0.3 is 13.9 Å². The van der Waals surface area contributed by atoms with E-state index < -0.39 is 5.97 Å². The number of oxazole rings is 1. The molecular weight excluding hydrogens is 374 g/mol. The summed E-state index contributed by atoms with van der Waals surface area (Å²) in [6.07, 6.45) is 10.6. The molecule has 1 fully saturated rings. The smallest absolute Gasteiger partial charge is 0.313 e. The molecule has 1 aliphatic rings. The van der Waals surface area contributed by atoms with E-state index in [2.05, 4.69) is 0 Å². The average molecular weight is 406 g/mol. The number of thioether (sulfide) groups is 1. The molecule has 0 aliphatic heterocycles. The van der Waals surface area contributed by atoms with Gasteiger partial charge in [0.1, 0.15) is 17.3 Å². The Hall–Kier alpha value is -1.95. The Kier molecular flexibility index (Phi) is 9.41. The molecule has 0 saturated heterocycles. The van der Waals surface area contributed by atoms with Crippen LogP contribution in [0.15, 0.2) is 27.0 Å². The molecule has 0 radical (unpaired) electrons. The van der Waals surface area contributed by atoms with E-state index in [0.29, 0.717) is 18.1 Å². The van der Waals surface area contributed by atoms with Crippen LogP contribution in [0, 0.1) is 6.92 Å². The van der Waals surface area contributed by atoms with Crippen molar-refractivity contribution in [2.24, 2.45) is 0 Å². The minimum atomic E-state index is -0.792. The van der Waals surface area contributed by atoms with Gasteiger partial charge in [-0.2, -0.15) is 0 Å². The van der Waals surface area contributed by atoms with Gasteiger partial charge in [0, 0.05) is 11.7 Å². The fraction of sp³-hybridized carbons (Fsp3) is 0.545. The zero-order valence-electron chi connectivity index (χ0n) is 17.1. The number of hydrogen-bond acceptors (Lipinski definition) is 5. The second kappa shape index (κ2) is 11.8. The molecule has 0 bridgehead atoms. The summed E-state index contributed by atoms with van der Waals surface area (Å²) in [7, 11) is 0. The molecule has 2 aromatic rings. The van der Waals surface area contributed by atoms with Gasteiger partial charge >= 0.3 is 5.97 Å². The van der Waals surface area contributed by atoms with E-state index in [9.17, 15) is 4.79 Å². The van der Waals surface area contributed by atoms with Crippen molar-refractivity contribution in [2.75, 3.05) is 11.5 Å². The predicted octanol–water partition coefficient (Wildman–Crippen LogP) is 6.07. The van der Waals surface area contributed by atoms with Crippen LogP contribution in [0.3, 0.4) is 0 Å². The van der Waals surface area contributed by atoms with Gasteiger partial charge in [0.25, 0.3) is 0 Å². The fourth-order valence-electron chi connectivity index (χ4n) is 3.26. The number of aromatic nitrogens is 1. The highest BCUT2D eigenvalue weighted by atomic mass is 32.2. The largest absolute Gasteiger partial charge is 0.481 e. The lowest BCUT2D eigenvalue weighted by Gasteiger charge is -2.17. The van der Waals surface area contributed by atoms with Crippen molar-refractivity contribution in [3.63, 3.8) is 0 Å². The fourth-order valence-corrected chi connectivity index (χ4v) is 3.79. The SMILES string of the molecule is CC.Cc1oc(C2CCCCC2)nc1Cc1ccc(/C=C/CSCC(=O)O)o1. The van der Waals surface area contributed by atoms with Crippen LogP contribution in [0.25, 0.3) is 6.08 Å². The van der Waals surface area contributed by atoms with E-state index in [4.69, 9.17) is 18.9 Å².